The summed E-state index contributed by atoms with van der Waals surface area (Å²) in [4.78, 5) is 11.4. The minimum Gasteiger partial charge on any atom is -0.323 e. The van der Waals surface area contributed by atoms with E-state index in [1.165, 1.54) is 0 Å². The first-order valence-electron chi connectivity index (χ1n) is 5.74. The zero-order valence-electron chi connectivity index (χ0n) is 9.60. The van der Waals surface area contributed by atoms with Crippen LogP contribution in [0.5, 0.6) is 0 Å². The van der Waals surface area contributed by atoms with E-state index >= 15 is 0 Å². The molecule has 0 heterocycles. The molecule has 2 N–H and O–H groups in total. The van der Waals surface area contributed by atoms with Crippen LogP contribution in [0, 0.1) is 17.5 Å². The number of anilines is 1. The second kappa shape index (κ2) is 5.39. The fraction of sp³-hybridized carbons (Fsp3) is 0.417. The number of benzene rings is 1. The first-order chi connectivity index (χ1) is 8.58. The maximum absolute atomic E-state index is 13.2. The van der Waals surface area contributed by atoms with Crippen molar-refractivity contribution in [1.29, 1.82) is 0 Å². The molecule has 1 amide bonds. The molecule has 0 atom stereocenters. The number of halogens is 3. The van der Waals surface area contributed by atoms with Gasteiger partial charge in [-0.25, -0.2) is 13.2 Å². The van der Waals surface area contributed by atoms with Crippen LogP contribution in [-0.4, -0.2) is 18.5 Å². The highest BCUT2D eigenvalue weighted by molar-refractivity contribution is 5.90. The Morgan fingerprint density at radius 2 is 1.94 bits per heavy atom. The van der Waals surface area contributed by atoms with Gasteiger partial charge in [-0.3, -0.25) is 4.79 Å². The molecule has 1 aliphatic carbocycles. The molecule has 1 aromatic rings. The average molecular weight is 258 g/mol. The SMILES string of the molecule is O=C(CCNC1CC1)Nc1ccc(F)c(F)c1F. The van der Waals surface area contributed by atoms with E-state index in [-0.39, 0.29) is 12.1 Å². The van der Waals surface area contributed by atoms with E-state index in [0.717, 1.165) is 25.0 Å². The standard InChI is InChI=1S/C12H13F3N2O/c13-8-3-4-9(12(15)11(8)14)17-10(18)5-6-16-7-1-2-7/h3-4,7,16H,1-2,5-6H2,(H,17,18). The minimum atomic E-state index is -1.58. The number of amides is 1. The van der Waals surface area contributed by atoms with Crippen LogP contribution in [0.15, 0.2) is 12.1 Å². The second-order valence-corrected chi connectivity index (χ2v) is 4.25. The summed E-state index contributed by atoms with van der Waals surface area (Å²) in [5.41, 5.74) is -0.342. The second-order valence-electron chi connectivity index (χ2n) is 4.25. The van der Waals surface area contributed by atoms with Gasteiger partial charge in [0.2, 0.25) is 5.91 Å². The lowest BCUT2D eigenvalue weighted by Crippen LogP contribution is -2.23. The molecule has 0 saturated heterocycles. The Labute approximate surface area is 102 Å². The normalized spacial score (nSPS) is 14.6. The lowest BCUT2D eigenvalue weighted by atomic mass is 10.2. The highest BCUT2D eigenvalue weighted by atomic mass is 19.2. The van der Waals surface area contributed by atoms with E-state index < -0.39 is 23.4 Å². The average Bonchev–Trinajstić information content (AvgIpc) is 3.14. The number of carbonyl (C=O) groups excluding carboxylic acids is 1. The lowest BCUT2D eigenvalue weighted by molar-refractivity contribution is -0.116. The molecule has 0 bridgehead atoms. The fourth-order valence-corrected chi connectivity index (χ4v) is 1.51. The molecule has 0 aliphatic heterocycles. The van der Waals surface area contributed by atoms with E-state index in [1.807, 2.05) is 0 Å². The van der Waals surface area contributed by atoms with Gasteiger partial charge in [-0.15, -0.1) is 0 Å². The Kier molecular flexibility index (Phi) is 3.86. The molecule has 6 heteroatoms. The highest BCUT2D eigenvalue weighted by Gasteiger charge is 2.20. The summed E-state index contributed by atoms with van der Waals surface area (Å²) < 4.78 is 38.8. The van der Waals surface area contributed by atoms with Crippen LogP contribution in [0.3, 0.4) is 0 Å². The van der Waals surface area contributed by atoms with Gasteiger partial charge in [-0.1, -0.05) is 0 Å². The van der Waals surface area contributed by atoms with Crippen molar-refractivity contribution in [2.24, 2.45) is 0 Å². The molecule has 0 spiro atoms. The van der Waals surface area contributed by atoms with Crippen LogP contribution in [0.1, 0.15) is 19.3 Å². The van der Waals surface area contributed by atoms with Gasteiger partial charge in [0.1, 0.15) is 0 Å². The maximum Gasteiger partial charge on any atom is 0.225 e. The molecule has 0 radical (unpaired) electrons. The molecular weight excluding hydrogens is 245 g/mol. The Morgan fingerprint density at radius 3 is 2.61 bits per heavy atom. The molecule has 1 fully saturated rings. The Balaban J connectivity index is 1.87. The van der Waals surface area contributed by atoms with Gasteiger partial charge in [-0.05, 0) is 25.0 Å². The minimum absolute atomic E-state index is 0.162. The van der Waals surface area contributed by atoms with Crippen LogP contribution < -0.4 is 10.6 Å². The van der Waals surface area contributed by atoms with Crippen molar-refractivity contribution in [3.63, 3.8) is 0 Å². The van der Waals surface area contributed by atoms with Crippen molar-refractivity contribution in [2.75, 3.05) is 11.9 Å². The van der Waals surface area contributed by atoms with Gasteiger partial charge >= 0.3 is 0 Å². The third kappa shape index (κ3) is 3.22. The lowest BCUT2D eigenvalue weighted by Gasteiger charge is -2.07. The van der Waals surface area contributed by atoms with Gasteiger partial charge in [0.25, 0.3) is 0 Å². The number of hydrogen-bond donors (Lipinski definition) is 2. The van der Waals surface area contributed by atoms with E-state index in [0.29, 0.717) is 12.6 Å². The zero-order valence-corrected chi connectivity index (χ0v) is 9.60. The van der Waals surface area contributed by atoms with Gasteiger partial charge in [0.15, 0.2) is 17.5 Å². The summed E-state index contributed by atoms with van der Waals surface area (Å²) in [6.45, 7) is 0.488. The number of nitrogens with one attached hydrogen (secondary N) is 2. The smallest absolute Gasteiger partial charge is 0.225 e. The summed E-state index contributed by atoms with van der Waals surface area (Å²) in [5, 5.41) is 5.33. The quantitative estimate of drug-likeness (QED) is 0.795. The van der Waals surface area contributed by atoms with E-state index in [9.17, 15) is 18.0 Å². The van der Waals surface area contributed by atoms with Gasteiger partial charge in [0, 0.05) is 19.0 Å². The third-order valence-corrected chi connectivity index (χ3v) is 2.67. The summed E-state index contributed by atoms with van der Waals surface area (Å²) in [7, 11) is 0. The predicted octanol–water partition coefficient (Wildman–Crippen LogP) is 2.18. The van der Waals surface area contributed by atoms with Crippen LogP contribution in [0.4, 0.5) is 18.9 Å². The number of rotatable bonds is 5. The van der Waals surface area contributed by atoms with Gasteiger partial charge in [-0.2, -0.15) is 0 Å². The molecule has 2 rings (SSSR count). The predicted molar refractivity (Wildman–Crippen MR) is 60.6 cm³/mol. The van der Waals surface area contributed by atoms with E-state index in [4.69, 9.17) is 0 Å². The largest absolute Gasteiger partial charge is 0.323 e. The first kappa shape index (κ1) is 12.9. The van der Waals surface area contributed by atoms with Crippen LogP contribution in [0.25, 0.3) is 0 Å². The molecular formula is C12H13F3N2O. The summed E-state index contributed by atoms with van der Waals surface area (Å²) in [5.74, 6) is -4.67. The maximum atomic E-state index is 13.2. The van der Waals surface area contributed by atoms with Crippen LogP contribution >= 0.6 is 0 Å². The zero-order chi connectivity index (χ0) is 13.1. The number of carbonyl (C=O) groups is 1. The first-order valence-corrected chi connectivity index (χ1v) is 5.74. The summed E-state index contributed by atoms with van der Waals surface area (Å²) in [6.07, 6.45) is 2.38. The van der Waals surface area contributed by atoms with Crippen molar-refractivity contribution in [3.8, 4) is 0 Å². The van der Waals surface area contributed by atoms with Gasteiger partial charge in [0.05, 0.1) is 5.69 Å². The number of hydrogen-bond acceptors (Lipinski definition) is 2. The molecule has 1 aromatic carbocycles. The molecule has 98 valence electrons. The Hall–Kier alpha value is -1.56. The highest BCUT2D eigenvalue weighted by Crippen LogP contribution is 2.20. The molecule has 0 unspecified atom stereocenters. The molecule has 0 aromatic heterocycles. The van der Waals surface area contributed by atoms with E-state index in [1.54, 1.807) is 0 Å². The fourth-order valence-electron chi connectivity index (χ4n) is 1.51. The van der Waals surface area contributed by atoms with Gasteiger partial charge < -0.3 is 10.6 Å². The Bertz CT molecular complexity index is 461. The Morgan fingerprint density at radius 1 is 1.22 bits per heavy atom. The van der Waals surface area contributed by atoms with E-state index in [2.05, 4.69) is 10.6 Å². The monoisotopic (exact) mass is 258 g/mol. The van der Waals surface area contributed by atoms with Crippen LogP contribution in [-0.2, 0) is 4.79 Å². The van der Waals surface area contributed by atoms with Crippen molar-refractivity contribution in [1.82, 2.24) is 5.32 Å². The third-order valence-electron chi connectivity index (χ3n) is 2.67. The van der Waals surface area contributed by atoms with Crippen molar-refractivity contribution < 1.29 is 18.0 Å². The van der Waals surface area contributed by atoms with Crippen molar-refractivity contribution >= 4 is 11.6 Å². The van der Waals surface area contributed by atoms with Crippen molar-refractivity contribution in [2.45, 2.75) is 25.3 Å². The summed E-state index contributed by atoms with van der Waals surface area (Å²) >= 11 is 0. The topological polar surface area (TPSA) is 41.1 Å². The molecule has 1 aliphatic rings. The molecule has 1 saturated carbocycles. The summed E-state index contributed by atoms with van der Waals surface area (Å²) in [6, 6.07) is 2.26. The van der Waals surface area contributed by atoms with Crippen molar-refractivity contribution in [3.05, 3.63) is 29.6 Å². The molecule has 3 nitrogen and oxygen atoms in total. The van der Waals surface area contributed by atoms with Crippen LogP contribution in [0.2, 0.25) is 0 Å². The molecule has 18 heavy (non-hydrogen) atoms.